The van der Waals surface area contributed by atoms with Crippen LogP contribution in [0, 0.1) is 0 Å². The largest absolute Gasteiger partial charge is 1.00 e. The predicted molar refractivity (Wildman–Crippen MR) is 41.1 cm³/mol. The van der Waals surface area contributed by atoms with Crippen LogP contribution in [0.15, 0.2) is 35.2 Å². The molecule has 1 aromatic rings. The molecule has 0 fully saturated rings. The first-order valence-electron chi connectivity index (χ1n) is 3.22. The van der Waals surface area contributed by atoms with E-state index in [0.717, 1.165) is 0 Å². The van der Waals surface area contributed by atoms with Gasteiger partial charge in [-0.2, -0.15) is 4.18 Å². The van der Waals surface area contributed by atoms with Gasteiger partial charge in [0.1, 0.15) is 0 Å². The van der Waals surface area contributed by atoms with Crippen LogP contribution >= 0.6 is 0 Å². The third kappa shape index (κ3) is 5.11. The van der Waals surface area contributed by atoms with Crippen LogP contribution in [0.3, 0.4) is 0 Å². The molecule has 1 atom stereocenters. The molecule has 0 spiro atoms. The summed E-state index contributed by atoms with van der Waals surface area (Å²) < 4.78 is 48.9. The minimum absolute atomic E-state index is 0. The van der Waals surface area contributed by atoms with Crippen LogP contribution < -0.4 is 29.6 Å². The molecule has 1 rings (SSSR count). The third-order valence-corrected chi connectivity index (χ3v) is 2.10. The Morgan fingerprint density at radius 2 is 1.71 bits per heavy atom. The smallest absolute Gasteiger partial charge is 1.00 e. The number of hydrogen-bond donors (Lipinski definition) is 0. The molecule has 0 heterocycles. The summed E-state index contributed by atoms with van der Waals surface area (Å²) in [5.74, 6) is 0. The van der Waals surface area contributed by atoms with Gasteiger partial charge in [0.2, 0.25) is 0 Å². The molecular formula is C7H6F3NaO2S. The van der Waals surface area contributed by atoms with Crippen molar-refractivity contribution in [3.63, 3.8) is 0 Å². The Morgan fingerprint density at radius 1 is 1.21 bits per heavy atom. The topological polar surface area (TPSA) is 26.3 Å². The summed E-state index contributed by atoms with van der Waals surface area (Å²) >= 11 is -2.48. The van der Waals surface area contributed by atoms with Gasteiger partial charge in [0, 0.05) is 0 Å². The maximum Gasteiger partial charge on any atom is 1.00 e. The quantitative estimate of drug-likeness (QED) is 0.636. The van der Waals surface area contributed by atoms with Crippen LogP contribution in [0.25, 0.3) is 0 Å². The first-order chi connectivity index (χ1) is 5.99. The van der Waals surface area contributed by atoms with E-state index in [0.29, 0.717) is 0 Å². The molecule has 0 bridgehead atoms. The standard InChI is InChI=1S/C7H5F3O2S.Na.H/c8-7(9,10)12-13(11)6-4-2-1-3-5-6;;/h1-5H;;/q;+1;-1. The molecule has 1 aromatic carbocycles. The van der Waals surface area contributed by atoms with Gasteiger partial charge < -0.3 is 1.43 Å². The zero-order chi connectivity index (χ0) is 9.90. The summed E-state index contributed by atoms with van der Waals surface area (Å²) in [5, 5.41) is 0. The maximum absolute atomic E-state index is 11.6. The van der Waals surface area contributed by atoms with Crippen molar-refractivity contribution in [2.45, 2.75) is 11.3 Å². The fourth-order valence-electron chi connectivity index (χ4n) is 0.666. The van der Waals surface area contributed by atoms with E-state index in [1.54, 1.807) is 6.07 Å². The molecule has 0 aliphatic heterocycles. The Hall–Kier alpha value is 0.120. The number of alkyl halides is 3. The normalized spacial score (nSPS) is 13.1. The van der Waals surface area contributed by atoms with Crippen molar-refractivity contribution in [1.29, 1.82) is 0 Å². The fraction of sp³-hybridized carbons (Fsp3) is 0.143. The van der Waals surface area contributed by atoms with Gasteiger partial charge in [-0.3, -0.25) is 0 Å². The van der Waals surface area contributed by atoms with E-state index in [-0.39, 0.29) is 35.9 Å². The Kier molecular flexibility index (Phi) is 5.92. The molecule has 0 aliphatic rings. The Labute approximate surface area is 105 Å². The summed E-state index contributed by atoms with van der Waals surface area (Å²) in [6.07, 6.45) is -4.87. The van der Waals surface area contributed by atoms with Crippen LogP contribution in [0.4, 0.5) is 13.2 Å². The third-order valence-electron chi connectivity index (χ3n) is 1.11. The number of rotatable bonds is 2. The molecule has 0 saturated carbocycles. The number of benzene rings is 1. The van der Waals surface area contributed by atoms with Crippen LogP contribution in [0.1, 0.15) is 1.43 Å². The SMILES string of the molecule is O=S(OC(F)(F)F)c1ccccc1.[H-].[Na+]. The summed E-state index contributed by atoms with van der Waals surface area (Å²) in [7, 11) is 0. The van der Waals surface area contributed by atoms with E-state index in [9.17, 15) is 17.4 Å². The average Bonchev–Trinajstić information content (AvgIpc) is 2.03. The minimum atomic E-state index is -4.87. The van der Waals surface area contributed by atoms with Crippen molar-refractivity contribution < 1.29 is 52.5 Å². The number of halogens is 3. The van der Waals surface area contributed by atoms with E-state index >= 15 is 0 Å². The van der Waals surface area contributed by atoms with Gasteiger partial charge in [-0.25, -0.2) is 4.21 Å². The van der Waals surface area contributed by atoms with Crippen LogP contribution in [0.5, 0.6) is 0 Å². The molecule has 7 heteroatoms. The fourth-order valence-corrected chi connectivity index (χ4v) is 1.31. The monoisotopic (exact) mass is 234 g/mol. The van der Waals surface area contributed by atoms with E-state index in [1.165, 1.54) is 24.3 Å². The molecule has 0 radical (unpaired) electrons. The molecule has 0 aliphatic carbocycles. The van der Waals surface area contributed by atoms with Gasteiger partial charge >= 0.3 is 35.9 Å². The van der Waals surface area contributed by atoms with Gasteiger partial charge in [0.25, 0.3) is 0 Å². The average molecular weight is 234 g/mol. The molecular weight excluding hydrogens is 228 g/mol. The van der Waals surface area contributed by atoms with Crippen LogP contribution in [0.2, 0.25) is 0 Å². The van der Waals surface area contributed by atoms with Gasteiger partial charge in [0.05, 0.1) is 4.90 Å². The van der Waals surface area contributed by atoms with E-state index in [2.05, 4.69) is 4.18 Å². The van der Waals surface area contributed by atoms with Crippen molar-refractivity contribution >= 4 is 11.1 Å². The zero-order valence-electron chi connectivity index (χ0n) is 8.25. The van der Waals surface area contributed by atoms with Crippen molar-refractivity contribution in [2.24, 2.45) is 0 Å². The first kappa shape index (κ1) is 14.1. The Balaban J connectivity index is 0. The minimum Gasteiger partial charge on any atom is -1.00 e. The van der Waals surface area contributed by atoms with Crippen molar-refractivity contribution in [1.82, 2.24) is 0 Å². The molecule has 1 unspecified atom stereocenters. The van der Waals surface area contributed by atoms with Gasteiger partial charge in [-0.15, -0.1) is 13.2 Å². The second-order valence-corrected chi connectivity index (χ2v) is 3.18. The summed E-state index contributed by atoms with van der Waals surface area (Å²) in [6.45, 7) is 0. The van der Waals surface area contributed by atoms with E-state index in [1.807, 2.05) is 0 Å². The van der Waals surface area contributed by atoms with Crippen LogP contribution in [-0.4, -0.2) is 10.6 Å². The molecule has 14 heavy (non-hydrogen) atoms. The molecule has 0 amide bonds. The molecule has 74 valence electrons. The van der Waals surface area contributed by atoms with E-state index < -0.39 is 17.4 Å². The summed E-state index contributed by atoms with van der Waals surface area (Å²) in [5.41, 5.74) is 0. The number of hydrogen-bond acceptors (Lipinski definition) is 2. The van der Waals surface area contributed by atoms with Crippen molar-refractivity contribution in [3.8, 4) is 0 Å². The molecule has 0 aromatic heterocycles. The summed E-state index contributed by atoms with van der Waals surface area (Å²) in [4.78, 5) is -0.0141. The van der Waals surface area contributed by atoms with Crippen LogP contribution in [-0.2, 0) is 15.3 Å². The second-order valence-electron chi connectivity index (χ2n) is 2.08. The second kappa shape index (κ2) is 5.87. The predicted octanol–water partition coefficient (Wildman–Crippen LogP) is -0.638. The zero-order valence-corrected chi connectivity index (χ0v) is 10.1. The van der Waals surface area contributed by atoms with Crippen molar-refractivity contribution in [2.75, 3.05) is 0 Å². The summed E-state index contributed by atoms with van der Waals surface area (Å²) in [6, 6.07) is 7.15. The maximum atomic E-state index is 11.6. The Morgan fingerprint density at radius 3 is 2.14 bits per heavy atom. The van der Waals surface area contributed by atoms with Gasteiger partial charge in [-0.1, -0.05) is 18.2 Å². The first-order valence-corrected chi connectivity index (χ1v) is 4.29. The molecule has 0 saturated heterocycles. The van der Waals surface area contributed by atoms with E-state index in [4.69, 9.17) is 0 Å². The van der Waals surface area contributed by atoms with Gasteiger partial charge in [0.15, 0.2) is 11.1 Å². The Bertz CT molecular complexity index is 307. The van der Waals surface area contributed by atoms with Crippen molar-refractivity contribution in [3.05, 3.63) is 30.3 Å². The molecule has 0 N–H and O–H groups in total. The molecule has 2 nitrogen and oxygen atoms in total. The van der Waals surface area contributed by atoms with Gasteiger partial charge in [-0.05, 0) is 12.1 Å².